The van der Waals surface area contributed by atoms with Crippen molar-refractivity contribution in [2.75, 3.05) is 51.6 Å². The number of Topliss-reactive ketones (excluding diaryl/α,β-unsaturated/α-hetero) is 2. The molecule has 7 N–H and O–H groups in total. The molecule has 266 valence electrons. The van der Waals surface area contributed by atoms with Gasteiger partial charge in [0.1, 0.15) is 17.4 Å². The summed E-state index contributed by atoms with van der Waals surface area (Å²) in [5.41, 5.74) is 3.95. The van der Waals surface area contributed by atoms with Gasteiger partial charge < -0.3 is 50.3 Å². The summed E-state index contributed by atoms with van der Waals surface area (Å²) in [6, 6.07) is 9.39. The van der Waals surface area contributed by atoms with Crippen LogP contribution in [0.4, 0.5) is 11.4 Å². The molecule has 0 bridgehead atoms. The molecule has 7 atom stereocenters. The third kappa shape index (κ3) is 5.84. The number of nitrogens with zero attached hydrogens (tertiary/aromatic N) is 2. The number of aliphatic hydroxyl groups is 3. The fraction of sp³-hybridized carbons (Fsp3) is 0.500. The Morgan fingerprint density at radius 1 is 1.10 bits per heavy atom. The number of phenolic OH excluding ortho intramolecular Hbond substituents is 1. The molecule has 3 unspecified atom stereocenters. The van der Waals surface area contributed by atoms with Gasteiger partial charge in [-0.2, -0.15) is 0 Å². The Balaban J connectivity index is 1.69. The maximum Gasteiger partial charge on any atom is 0.357 e. The van der Waals surface area contributed by atoms with E-state index in [4.69, 9.17) is 14.8 Å². The fourth-order valence-electron chi connectivity index (χ4n) is 7.84. The molecule has 2 fully saturated rings. The first kappa shape index (κ1) is 36.5. The van der Waals surface area contributed by atoms with E-state index in [-0.39, 0.29) is 42.9 Å². The van der Waals surface area contributed by atoms with Gasteiger partial charge in [-0.25, -0.2) is 0 Å². The molecule has 49 heavy (non-hydrogen) atoms. The van der Waals surface area contributed by atoms with Crippen LogP contribution < -0.4 is 16.0 Å². The van der Waals surface area contributed by atoms with Gasteiger partial charge in [-0.1, -0.05) is 30.3 Å². The van der Waals surface area contributed by atoms with Gasteiger partial charge in [-0.15, -0.1) is 0 Å². The minimum absolute atomic E-state index is 0.00614. The average molecular weight is 701 g/mol. The summed E-state index contributed by atoms with van der Waals surface area (Å²) in [4.78, 5) is 43.7. The lowest BCUT2D eigenvalue weighted by atomic mass is 9.54. The second-order valence-electron chi connectivity index (χ2n) is 13.2. The van der Waals surface area contributed by atoms with E-state index < -0.39 is 77.9 Å². The normalized spacial score (nSPS) is 27.3. The zero-order chi connectivity index (χ0) is 36.2. The number of hydrogen-bond donors (Lipinski definition) is 6. The molecule has 1 amide bonds. The maximum atomic E-state index is 14.3. The molecule has 3 aliphatic rings. The number of anilines is 2. The van der Waals surface area contributed by atoms with Crippen LogP contribution in [0.15, 0.2) is 42.0 Å². The van der Waals surface area contributed by atoms with Gasteiger partial charge in [0, 0.05) is 37.3 Å². The van der Waals surface area contributed by atoms with Gasteiger partial charge in [-0.3, -0.25) is 18.9 Å². The number of aromatic hydroxyl groups is 1. The number of primary amides is 1. The van der Waals surface area contributed by atoms with Crippen LogP contribution in [0.25, 0.3) is 5.76 Å². The molecule has 14 nitrogen and oxygen atoms in total. The molecule has 2 aromatic rings. The highest BCUT2D eigenvalue weighted by molar-refractivity contribution is 7.54. The van der Waals surface area contributed by atoms with Crippen LogP contribution in [0.5, 0.6) is 5.75 Å². The van der Waals surface area contributed by atoms with Crippen molar-refractivity contribution in [2.45, 2.75) is 50.2 Å². The predicted octanol–water partition coefficient (Wildman–Crippen LogP) is 2.57. The van der Waals surface area contributed by atoms with E-state index in [9.17, 15) is 39.4 Å². The Hall–Kier alpha value is -3.78. The fourth-order valence-corrected chi connectivity index (χ4v) is 9.76. The number of carbonyl (C=O) groups excluding carboxylic acids is 3. The van der Waals surface area contributed by atoms with E-state index in [2.05, 4.69) is 5.32 Å². The molecule has 3 aliphatic carbocycles. The number of likely N-dealkylation sites (N-methyl/N-ethyl adjacent to an activating group) is 1. The number of aliphatic hydroxyl groups excluding tert-OH is 2. The van der Waals surface area contributed by atoms with Crippen molar-refractivity contribution < 1.29 is 48.4 Å². The molecule has 0 aromatic heterocycles. The molecule has 2 aromatic carbocycles. The van der Waals surface area contributed by atoms with Crippen LogP contribution in [-0.4, -0.2) is 102 Å². The molecule has 0 saturated heterocycles. The van der Waals surface area contributed by atoms with Crippen molar-refractivity contribution in [1.29, 1.82) is 0 Å². The van der Waals surface area contributed by atoms with Gasteiger partial charge in [0.05, 0.1) is 30.6 Å². The predicted molar refractivity (Wildman–Crippen MR) is 182 cm³/mol. The van der Waals surface area contributed by atoms with Crippen LogP contribution >= 0.6 is 7.60 Å². The van der Waals surface area contributed by atoms with Crippen molar-refractivity contribution in [2.24, 2.45) is 23.5 Å². The van der Waals surface area contributed by atoms with E-state index >= 15 is 0 Å². The Kier molecular flexibility index (Phi) is 10.1. The number of ketones is 2. The summed E-state index contributed by atoms with van der Waals surface area (Å²) in [5.74, 6) is -9.46. The van der Waals surface area contributed by atoms with Gasteiger partial charge in [0.25, 0.3) is 0 Å². The molecular weight excluding hydrogens is 655 g/mol. The highest BCUT2D eigenvalue weighted by atomic mass is 31.2. The minimum Gasteiger partial charge on any atom is -0.507 e. The molecule has 0 heterocycles. The Bertz CT molecular complexity index is 1720. The van der Waals surface area contributed by atoms with Crippen LogP contribution in [0.3, 0.4) is 0 Å². The Labute approximate surface area is 285 Å². The molecule has 2 saturated carbocycles. The molecule has 15 heteroatoms. The zero-order valence-corrected chi connectivity index (χ0v) is 29.3. The van der Waals surface area contributed by atoms with Gasteiger partial charge in [0.15, 0.2) is 17.2 Å². The van der Waals surface area contributed by atoms with E-state index in [0.29, 0.717) is 16.8 Å². The number of phenols is 1. The van der Waals surface area contributed by atoms with Gasteiger partial charge >= 0.3 is 7.60 Å². The number of hydrogen-bond acceptors (Lipinski definition) is 13. The summed E-state index contributed by atoms with van der Waals surface area (Å²) >= 11 is 0. The van der Waals surface area contributed by atoms with Crippen molar-refractivity contribution in [3.8, 4) is 5.75 Å². The van der Waals surface area contributed by atoms with Gasteiger partial charge in [-0.05, 0) is 63.9 Å². The topological polar surface area (TPSA) is 212 Å². The average Bonchev–Trinajstić information content (AvgIpc) is 3.02. The lowest BCUT2D eigenvalue weighted by molar-refractivity contribution is -0.184. The van der Waals surface area contributed by atoms with Crippen LogP contribution in [-0.2, 0) is 34.4 Å². The van der Waals surface area contributed by atoms with Crippen molar-refractivity contribution >= 4 is 42.2 Å². The highest BCUT2D eigenvalue weighted by Gasteiger charge is 2.67. The summed E-state index contributed by atoms with van der Waals surface area (Å²) in [6.07, 6.45) is -1.46. The van der Waals surface area contributed by atoms with E-state index in [1.54, 1.807) is 88.2 Å². The van der Waals surface area contributed by atoms with Crippen molar-refractivity contribution in [3.05, 3.63) is 58.7 Å². The van der Waals surface area contributed by atoms with E-state index in [1.807, 2.05) is 0 Å². The Morgan fingerprint density at radius 2 is 1.71 bits per heavy atom. The smallest absolute Gasteiger partial charge is 0.357 e. The molecular formula is C34H45N4O10P. The van der Waals surface area contributed by atoms with E-state index in [0.717, 1.165) is 0 Å². The molecule has 0 spiro atoms. The number of nitrogens with one attached hydrogen (secondary N) is 1. The highest BCUT2D eigenvalue weighted by Crippen LogP contribution is 2.62. The lowest BCUT2D eigenvalue weighted by Gasteiger charge is -2.53. The number of carbonyl (C=O) groups is 3. The van der Waals surface area contributed by atoms with Crippen LogP contribution in [0, 0.1) is 17.8 Å². The quantitative estimate of drug-likeness (QED) is 0.113. The molecule has 0 aliphatic heterocycles. The number of amides is 1. The SMILES string of the molecule is CCOP(=O)(OCC)C(Nc1cc(N(C)C)c2c(c1O)C(O)=C1C(=O)[C@]3(O)C(=O)C(C(N)=O)C(O)[C@@H](N(C)C)[C@@H]3C[C@@H]1C2)c1ccccc1. The molecule has 0 radical (unpaired) electrons. The summed E-state index contributed by atoms with van der Waals surface area (Å²) in [7, 11) is 2.81. The zero-order valence-electron chi connectivity index (χ0n) is 28.4. The largest absolute Gasteiger partial charge is 0.507 e. The first-order valence-electron chi connectivity index (χ1n) is 16.2. The third-order valence-electron chi connectivity index (χ3n) is 9.89. The third-order valence-corrected chi connectivity index (χ3v) is 12.2. The minimum atomic E-state index is -3.92. The number of rotatable bonds is 11. The summed E-state index contributed by atoms with van der Waals surface area (Å²) in [6.45, 7) is 3.50. The lowest BCUT2D eigenvalue weighted by Crippen LogP contribution is -2.73. The van der Waals surface area contributed by atoms with Crippen LogP contribution in [0.2, 0.25) is 0 Å². The second-order valence-corrected chi connectivity index (χ2v) is 15.3. The number of nitrogens with two attached hydrogens (primary N) is 1. The Morgan fingerprint density at radius 3 is 2.24 bits per heavy atom. The maximum absolute atomic E-state index is 14.3. The van der Waals surface area contributed by atoms with E-state index in [1.165, 1.54) is 0 Å². The monoisotopic (exact) mass is 700 g/mol. The first-order valence-corrected chi connectivity index (χ1v) is 17.8. The summed E-state index contributed by atoms with van der Waals surface area (Å²) in [5, 5.41) is 49.9. The number of benzene rings is 2. The standard InChI is InChI=1S/C34H45N4O10P/c1-7-47-49(46,48-8-2)33(17-12-10-9-11-13-17)36-21-16-22(37(3)4)19-14-18-15-20-26(38(5)6)29(41)25(32(35)44)31(43)34(20,45)30(42)23(18)28(40)24(19)27(21)39/h9-13,16,18,20,25-26,29,33,36,39-41,45H,7-8,14-15H2,1-6H3,(H2,35,44)/t18-,20-,25?,26-,29?,33?,34-/m0/s1. The second kappa shape index (κ2) is 13.5. The number of fused-ring (bicyclic) bond motifs is 3. The first-order chi connectivity index (χ1) is 23.0. The summed E-state index contributed by atoms with van der Waals surface area (Å²) < 4.78 is 25.6. The van der Waals surface area contributed by atoms with Crippen molar-refractivity contribution in [3.63, 3.8) is 0 Å². The van der Waals surface area contributed by atoms with Crippen molar-refractivity contribution in [1.82, 2.24) is 4.90 Å². The van der Waals surface area contributed by atoms with Crippen LogP contribution in [0.1, 0.15) is 42.7 Å². The van der Waals surface area contributed by atoms with Gasteiger partial charge in [0.2, 0.25) is 11.7 Å². The molecule has 5 rings (SSSR count).